The molecule has 166 valence electrons. The Kier molecular flexibility index (Phi) is 6.13. The minimum absolute atomic E-state index is 0.0862. The predicted molar refractivity (Wildman–Crippen MR) is 119 cm³/mol. The number of nitrogens with zero attached hydrogens (tertiary/aromatic N) is 5. The summed E-state index contributed by atoms with van der Waals surface area (Å²) in [4.78, 5) is 27.6. The topological polar surface area (TPSA) is 96.5 Å². The molecular formula is C22H23FN6O3. The Balaban J connectivity index is 1.37. The third-order valence-corrected chi connectivity index (χ3v) is 5.33. The van der Waals surface area contributed by atoms with Crippen LogP contribution in [-0.4, -0.2) is 58.2 Å². The maximum Gasteiger partial charge on any atom is 0.292 e. The molecule has 1 aromatic heterocycles. The number of nitro groups is 1. The molecule has 3 aromatic rings. The summed E-state index contributed by atoms with van der Waals surface area (Å²) in [6, 6.07) is 14.3. The number of carbonyl (C=O) groups is 1. The minimum atomic E-state index is -0.374. The van der Waals surface area contributed by atoms with Crippen LogP contribution in [0.2, 0.25) is 0 Å². The van der Waals surface area contributed by atoms with Gasteiger partial charge in [-0.15, -0.1) is 0 Å². The van der Waals surface area contributed by atoms with Crippen molar-refractivity contribution < 1.29 is 14.1 Å². The van der Waals surface area contributed by atoms with Gasteiger partial charge in [0, 0.05) is 38.3 Å². The monoisotopic (exact) mass is 438 g/mol. The van der Waals surface area contributed by atoms with E-state index in [0.29, 0.717) is 43.4 Å². The molecule has 1 aliphatic heterocycles. The fourth-order valence-electron chi connectivity index (χ4n) is 3.79. The van der Waals surface area contributed by atoms with Crippen LogP contribution in [0.1, 0.15) is 5.69 Å². The first-order valence-electron chi connectivity index (χ1n) is 10.2. The van der Waals surface area contributed by atoms with Crippen LogP contribution in [0.3, 0.4) is 0 Å². The third kappa shape index (κ3) is 4.75. The highest BCUT2D eigenvalue weighted by Crippen LogP contribution is 2.28. The molecule has 2 aromatic carbocycles. The van der Waals surface area contributed by atoms with Gasteiger partial charge >= 0.3 is 0 Å². The zero-order valence-electron chi connectivity index (χ0n) is 17.6. The number of nitro benzene ring substituents is 1. The van der Waals surface area contributed by atoms with Crippen molar-refractivity contribution in [3.63, 3.8) is 0 Å². The highest BCUT2D eigenvalue weighted by molar-refractivity contribution is 5.91. The summed E-state index contributed by atoms with van der Waals surface area (Å²) < 4.78 is 14.8. The maximum absolute atomic E-state index is 13.2. The van der Waals surface area contributed by atoms with Gasteiger partial charge in [0.15, 0.2) is 0 Å². The summed E-state index contributed by atoms with van der Waals surface area (Å²) in [6.45, 7) is 4.40. The van der Waals surface area contributed by atoms with E-state index in [-0.39, 0.29) is 28.9 Å². The van der Waals surface area contributed by atoms with Gasteiger partial charge in [0.25, 0.3) is 5.69 Å². The average molecular weight is 438 g/mol. The fourth-order valence-corrected chi connectivity index (χ4v) is 3.79. The van der Waals surface area contributed by atoms with Crippen molar-refractivity contribution in [3.8, 4) is 5.69 Å². The number of carbonyl (C=O) groups excluding carboxylic acids is 1. The Morgan fingerprint density at radius 3 is 2.50 bits per heavy atom. The van der Waals surface area contributed by atoms with E-state index >= 15 is 0 Å². The van der Waals surface area contributed by atoms with Crippen molar-refractivity contribution in [1.82, 2.24) is 14.7 Å². The molecule has 4 rings (SSSR count). The molecular weight excluding hydrogens is 415 g/mol. The summed E-state index contributed by atoms with van der Waals surface area (Å²) in [5.74, 6) is -0.0201. The molecule has 2 heterocycles. The van der Waals surface area contributed by atoms with Gasteiger partial charge in [-0.25, -0.2) is 9.07 Å². The quantitative estimate of drug-likeness (QED) is 0.470. The summed E-state index contributed by atoms with van der Waals surface area (Å²) in [7, 11) is 0. The molecule has 0 bridgehead atoms. The van der Waals surface area contributed by atoms with E-state index in [1.165, 1.54) is 18.2 Å². The van der Waals surface area contributed by atoms with Gasteiger partial charge in [-0.1, -0.05) is 12.1 Å². The normalized spacial score (nSPS) is 14.4. The SMILES string of the molecule is Cc1cc(NC(=O)CN2CCN(c3ccccc3[N+](=O)[O-])CC2)n(-c2ccc(F)cc2)n1. The molecule has 0 saturated carbocycles. The number of aromatic nitrogens is 2. The Hall–Kier alpha value is -3.79. The van der Waals surface area contributed by atoms with E-state index < -0.39 is 0 Å². The van der Waals surface area contributed by atoms with Crippen LogP contribution in [0.5, 0.6) is 0 Å². The standard InChI is InChI=1S/C22H23FN6O3/c1-16-14-21(28(25-16)18-8-6-17(23)7-9-18)24-22(30)15-26-10-12-27(13-11-26)19-4-2-3-5-20(19)29(31)32/h2-9,14H,10-13,15H2,1H3,(H,24,30). The highest BCUT2D eigenvalue weighted by Gasteiger charge is 2.24. The number of halogens is 1. The van der Waals surface area contributed by atoms with Crippen molar-refractivity contribution in [2.45, 2.75) is 6.92 Å². The van der Waals surface area contributed by atoms with E-state index in [4.69, 9.17) is 0 Å². The summed E-state index contributed by atoms with van der Waals surface area (Å²) in [6.07, 6.45) is 0. The molecule has 0 atom stereocenters. The number of benzene rings is 2. The predicted octanol–water partition coefficient (Wildman–Crippen LogP) is 2.99. The fraction of sp³-hybridized carbons (Fsp3) is 0.273. The maximum atomic E-state index is 13.2. The number of anilines is 2. The minimum Gasteiger partial charge on any atom is -0.363 e. The molecule has 1 aliphatic rings. The molecule has 1 saturated heterocycles. The Bertz CT molecular complexity index is 1120. The highest BCUT2D eigenvalue weighted by atomic mass is 19.1. The van der Waals surface area contributed by atoms with Crippen molar-refractivity contribution in [2.24, 2.45) is 0 Å². The number of rotatable bonds is 6. The van der Waals surface area contributed by atoms with E-state index in [0.717, 1.165) is 5.69 Å². The number of hydrogen-bond donors (Lipinski definition) is 1. The Labute approximate surface area is 184 Å². The third-order valence-electron chi connectivity index (χ3n) is 5.33. The largest absolute Gasteiger partial charge is 0.363 e. The van der Waals surface area contributed by atoms with Gasteiger partial charge in [-0.05, 0) is 37.3 Å². The van der Waals surface area contributed by atoms with Crippen LogP contribution in [0.15, 0.2) is 54.6 Å². The second-order valence-corrected chi connectivity index (χ2v) is 7.62. The van der Waals surface area contributed by atoms with Crippen LogP contribution in [0.4, 0.5) is 21.6 Å². The molecule has 0 radical (unpaired) electrons. The molecule has 1 amide bonds. The van der Waals surface area contributed by atoms with E-state index in [1.54, 1.807) is 41.1 Å². The molecule has 0 unspecified atom stereocenters. The first-order valence-corrected chi connectivity index (χ1v) is 10.2. The van der Waals surface area contributed by atoms with Gasteiger partial charge in [-0.2, -0.15) is 5.10 Å². The number of nitrogens with one attached hydrogen (secondary N) is 1. The van der Waals surface area contributed by atoms with Crippen LogP contribution < -0.4 is 10.2 Å². The lowest BCUT2D eigenvalue weighted by Gasteiger charge is -2.35. The number of hydrogen-bond acceptors (Lipinski definition) is 6. The van der Waals surface area contributed by atoms with Crippen LogP contribution in [-0.2, 0) is 4.79 Å². The van der Waals surface area contributed by atoms with Crippen molar-refractivity contribution in [3.05, 3.63) is 76.2 Å². The first-order chi connectivity index (χ1) is 15.4. The molecule has 0 aliphatic carbocycles. The molecule has 1 fully saturated rings. The van der Waals surface area contributed by atoms with Gasteiger partial charge in [0.2, 0.25) is 5.91 Å². The second-order valence-electron chi connectivity index (χ2n) is 7.62. The zero-order chi connectivity index (χ0) is 22.7. The number of piperazine rings is 1. The molecule has 32 heavy (non-hydrogen) atoms. The van der Waals surface area contributed by atoms with Crippen molar-refractivity contribution in [2.75, 3.05) is 42.9 Å². The van der Waals surface area contributed by atoms with Crippen molar-refractivity contribution in [1.29, 1.82) is 0 Å². The molecule has 10 heteroatoms. The van der Waals surface area contributed by atoms with Crippen LogP contribution >= 0.6 is 0 Å². The van der Waals surface area contributed by atoms with Crippen molar-refractivity contribution >= 4 is 23.1 Å². The van der Waals surface area contributed by atoms with Gasteiger partial charge in [0.05, 0.1) is 22.8 Å². The van der Waals surface area contributed by atoms with Crippen LogP contribution in [0, 0.1) is 22.9 Å². The number of amides is 1. The number of para-hydroxylation sites is 2. The summed E-state index contributed by atoms with van der Waals surface area (Å²) in [5.41, 5.74) is 2.05. The molecule has 9 nitrogen and oxygen atoms in total. The van der Waals surface area contributed by atoms with Gasteiger partial charge in [0.1, 0.15) is 17.3 Å². The second kappa shape index (κ2) is 9.15. The van der Waals surface area contributed by atoms with Crippen LogP contribution in [0.25, 0.3) is 5.69 Å². The summed E-state index contributed by atoms with van der Waals surface area (Å²) >= 11 is 0. The van der Waals surface area contributed by atoms with Gasteiger partial charge < -0.3 is 10.2 Å². The summed E-state index contributed by atoms with van der Waals surface area (Å²) in [5, 5.41) is 18.5. The lowest BCUT2D eigenvalue weighted by atomic mass is 10.2. The van der Waals surface area contributed by atoms with E-state index in [1.807, 2.05) is 16.7 Å². The first kappa shape index (κ1) is 21.4. The molecule has 1 N–H and O–H groups in total. The zero-order valence-corrected chi connectivity index (χ0v) is 17.6. The smallest absolute Gasteiger partial charge is 0.292 e. The Morgan fingerprint density at radius 2 is 1.81 bits per heavy atom. The van der Waals surface area contributed by atoms with E-state index in [9.17, 15) is 19.3 Å². The lowest BCUT2D eigenvalue weighted by Crippen LogP contribution is -2.48. The molecule has 0 spiro atoms. The number of aryl methyl sites for hydroxylation is 1. The van der Waals surface area contributed by atoms with Gasteiger partial charge in [-0.3, -0.25) is 19.8 Å². The lowest BCUT2D eigenvalue weighted by molar-refractivity contribution is -0.384. The van der Waals surface area contributed by atoms with E-state index in [2.05, 4.69) is 10.4 Å². The Morgan fingerprint density at radius 1 is 1.12 bits per heavy atom. The average Bonchev–Trinajstić information content (AvgIpc) is 3.14.